The predicted molar refractivity (Wildman–Crippen MR) is 126 cm³/mol. The molecule has 0 saturated carbocycles. The lowest BCUT2D eigenvalue weighted by Crippen LogP contribution is -1.99. The lowest BCUT2D eigenvalue weighted by molar-refractivity contribution is 0.543. The van der Waals surface area contributed by atoms with Crippen LogP contribution in [0.1, 0.15) is 106 Å². The van der Waals surface area contributed by atoms with Crippen LogP contribution in [-0.2, 0) is 6.42 Å². The summed E-state index contributed by atoms with van der Waals surface area (Å²) >= 11 is 0. The van der Waals surface area contributed by atoms with Crippen LogP contribution in [-0.4, -0.2) is 9.97 Å². The second-order valence-electron chi connectivity index (χ2n) is 8.78. The molecule has 0 amide bonds. The smallest absolute Gasteiger partial charge is 0.159 e. The molecule has 1 heterocycles. The summed E-state index contributed by atoms with van der Waals surface area (Å²) < 4.78 is 0. The van der Waals surface area contributed by atoms with Crippen molar-refractivity contribution in [1.82, 2.24) is 9.97 Å². The summed E-state index contributed by atoms with van der Waals surface area (Å²) in [5, 5.41) is 0. The molecular formula is C27H42N2. The Labute approximate surface area is 179 Å². The lowest BCUT2D eigenvalue weighted by Gasteiger charge is -2.11. The van der Waals surface area contributed by atoms with Crippen molar-refractivity contribution in [3.8, 4) is 11.4 Å². The molecule has 0 bridgehead atoms. The minimum Gasteiger partial charge on any atom is -0.237 e. The zero-order valence-electron chi connectivity index (χ0n) is 19.4. The predicted octanol–water partition coefficient (Wildman–Crippen LogP) is 8.31. The van der Waals surface area contributed by atoms with Gasteiger partial charge in [-0.2, -0.15) is 0 Å². The van der Waals surface area contributed by atoms with Crippen molar-refractivity contribution in [1.29, 1.82) is 0 Å². The molecule has 0 radical (unpaired) electrons. The average Bonchev–Trinajstić information content (AvgIpc) is 2.68. The van der Waals surface area contributed by atoms with Crippen LogP contribution >= 0.6 is 0 Å². The lowest BCUT2D eigenvalue weighted by atomic mass is 9.99. The molecular weight excluding hydrogens is 352 g/mol. The Morgan fingerprint density at radius 1 is 0.690 bits per heavy atom. The zero-order valence-corrected chi connectivity index (χ0v) is 19.4. The molecule has 0 fully saturated rings. The summed E-state index contributed by atoms with van der Waals surface area (Å²) in [7, 11) is 0. The molecule has 0 aliphatic rings. The topological polar surface area (TPSA) is 25.8 Å². The number of aromatic nitrogens is 2. The van der Waals surface area contributed by atoms with E-state index in [0.29, 0.717) is 0 Å². The number of hydrogen-bond acceptors (Lipinski definition) is 2. The van der Waals surface area contributed by atoms with Gasteiger partial charge in [0, 0.05) is 17.5 Å². The highest BCUT2D eigenvalue weighted by molar-refractivity contribution is 5.65. The van der Waals surface area contributed by atoms with E-state index in [0.717, 1.165) is 12.2 Å². The molecule has 2 heteroatoms. The molecule has 0 saturated heterocycles. The Hall–Kier alpha value is -1.70. The zero-order chi connectivity index (χ0) is 20.9. The van der Waals surface area contributed by atoms with Crippen LogP contribution in [0.25, 0.3) is 11.4 Å². The Morgan fingerprint density at radius 3 is 1.76 bits per heavy atom. The normalized spacial score (nSPS) is 11.2. The highest BCUT2D eigenvalue weighted by atomic mass is 14.9. The van der Waals surface area contributed by atoms with Crippen molar-refractivity contribution in [3.63, 3.8) is 0 Å². The van der Waals surface area contributed by atoms with Gasteiger partial charge in [0.15, 0.2) is 5.82 Å². The van der Waals surface area contributed by atoms with E-state index < -0.39 is 0 Å². The molecule has 160 valence electrons. The van der Waals surface area contributed by atoms with Crippen LogP contribution in [0, 0.1) is 20.8 Å². The van der Waals surface area contributed by atoms with Crippen LogP contribution in [0.15, 0.2) is 24.4 Å². The third kappa shape index (κ3) is 8.68. The van der Waals surface area contributed by atoms with Gasteiger partial charge in [-0.3, -0.25) is 0 Å². The van der Waals surface area contributed by atoms with Crippen LogP contribution < -0.4 is 0 Å². The van der Waals surface area contributed by atoms with E-state index in [-0.39, 0.29) is 0 Å². The van der Waals surface area contributed by atoms with Crippen molar-refractivity contribution in [2.45, 2.75) is 111 Å². The number of rotatable bonds is 14. The van der Waals surface area contributed by atoms with Gasteiger partial charge >= 0.3 is 0 Å². The number of hydrogen-bond donors (Lipinski definition) is 0. The van der Waals surface area contributed by atoms with Gasteiger partial charge in [-0.05, 0) is 50.8 Å². The fraction of sp³-hybridized carbons (Fsp3) is 0.630. The average molecular weight is 395 g/mol. The number of nitrogens with zero attached hydrogens (tertiary/aromatic N) is 2. The van der Waals surface area contributed by atoms with Gasteiger partial charge in [0.25, 0.3) is 0 Å². The molecule has 2 rings (SSSR count). The summed E-state index contributed by atoms with van der Waals surface area (Å²) in [6.07, 6.45) is 19.7. The molecule has 2 nitrogen and oxygen atoms in total. The van der Waals surface area contributed by atoms with Gasteiger partial charge in [0.05, 0.1) is 0 Å². The number of aryl methyl sites for hydroxylation is 4. The third-order valence-corrected chi connectivity index (χ3v) is 5.90. The van der Waals surface area contributed by atoms with Crippen molar-refractivity contribution in [3.05, 3.63) is 46.8 Å². The molecule has 0 N–H and O–H groups in total. The third-order valence-electron chi connectivity index (χ3n) is 5.90. The fourth-order valence-corrected chi connectivity index (χ4v) is 4.34. The molecule has 0 spiro atoms. The molecule has 2 aromatic rings. The summed E-state index contributed by atoms with van der Waals surface area (Å²) in [6.45, 7) is 8.76. The Balaban J connectivity index is 1.65. The van der Waals surface area contributed by atoms with Crippen molar-refractivity contribution >= 4 is 0 Å². The minimum absolute atomic E-state index is 0.886. The van der Waals surface area contributed by atoms with Crippen LogP contribution in [0.4, 0.5) is 0 Å². The van der Waals surface area contributed by atoms with Gasteiger partial charge in [-0.15, -0.1) is 0 Å². The van der Waals surface area contributed by atoms with E-state index in [9.17, 15) is 0 Å². The van der Waals surface area contributed by atoms with E-state index in [1.165, 1.54) is 105 Å². The second kappa shape index (κ2) is 13.5. The second-order valence-corrected chi connectivity index (χ2v) is 8.78. The maximum absolute atomic E-state index is 4.87. The van der Waals surface area contributed by atoms with Gasteiger partial charge < -0.3 is 0 Å². The Kier molecular flexibility index (Phi) is 11.0. The van der Waals surface area contributed by atoms with Crippen LogP contribution in [0.2, 0.25) is 0 Å². The Morgan fingerprint density at radius 2 is 1.21 bits per heavy atom. The minimum atomic E-state index is 0.886. The SMILES string of the molecule is CCCCCCCCCCCCCCc1ccnc(-c2c(C)cc(C)cc2C)n1. The Bertz CT molecular complexity index is 697. The first-order valence-electron chi connectivity index (χ1n) is 12.0. The van der Waals surface area contributed by atoms with E-state index >= 15 is 0 Å². The highest BCUT2D eigenvalue weighted by Crippen LogP contribution is 2.25. The molecule has 0 aliphatic carbocycles. The van der Waals surface area contributed by atoms with Crippen molar-refractivity contribution in [2.24, 2.45) is 0 Å². The summed E-state index contributed by atoms with van der Waals surface area (Å²) in [5.74, 6) is 0.886. The first kappa shape index (κ1) is 23.6. The summed E-state index contributed by atoms with van der Waals surface area (Å²) in [5.41, 5.74) is 6.22. The van der Waals surface area contributed by atoms with Crippen LogP contribution in [0.3, 0.4) is 0 Å². The molecule has 0 atom stereocenters. The molecule has 29 heavy (non-hydrogen) atoms. The first-order valence-corrected chi connectivity index (χ1v) is 12.0. The summed E-state index contributed by atoms with van der Waals surface area (Å²) in [6, 6.07) is 6.54. The van der Waals surface area contributed by atoms with Gasteiger partial charge in [-0.25, -0.2) is 9.97 Å². The molecule has 1 aromatic carbocycles. The number of unbranched alkanes of at least 4 members (excludes halogenated alkanes) is 11. The maximum Gasteiger partial charge on any atom is 0.159 e. The van der Waals surface area contributed by atoms with E-state index in [4.69, 9.17) is 4.98 Å². The van der Waals surface area contributed by atoms with Crippen molar-refractivity contribution < 1.29 is 0 Å². The van der Waals surface area contributed by atoms with E-state index in [1.807, 2.05) is 6.20 Å². The molecule has 0 unspecified atom stereocenters. The first-order chi connectivity index (χ1) is 14.1. The molecule has 1 aromatic heterocycles. The monoisotopic (exact) mass is 394 g/mol. The number of benzene rings is 1. The van der Waals surface area contributed by atoms with Gasteiger partial charge in [0.1, 0.15) is 0 Å². The van der Waals surface area contributed by atoms with Gasteiger partial charge in [-0.1, -0.05) is 95.2 Å². The highest BCUT2D eigenvalue weighted by Gasteiger charge is 2.10. The maximum atomic E-state index is 4.87. The largest absolute Gasteiger partial charge is 0.237 e. The summed E-state index contributed by atoms with van der Waals surface area (Å²) in [4.78, 5) is 9.43. The quantitative estimate of drug-likeness (QED) is 0.301. The van der Waals surface area contributed by atoms with Gasteiger partial charge in [0.2, 0.25) is 0 Å². The molecule has 0 aliphatic heterocycles. The van der Waals surface area contributed by atoms with Crippen LogP contribution in [0.5, 0.6) is 0 Å². The standard InChI is InChI=1S/C27H42N2/c1-5-6-7-8-9-10-11-12-13-14-15-16-17-25-18-19-28-27(29-25)26-23(3)20-22(2)21-24(26)4/h18-21H,5-17H2,1-4H3. The van der Waals surface area contributed by atoms with E-state index in [2.05, 4.69) is 50.9 Å². The van der Waals surface area contributed by atoms with Crippen molar-refractivity contribution in [2.75, 3.05) is 0 Å². The van der Waals surface area contributed by atoms with E-state index in [1.54, 1.807) is 0 Å². The fourth-order valence-electron chi connectivity index (χ4n) is 4.34.